The molecule has 2 rings (SSSR count). The number of hydrogen-bond acceptors (Lipinski definition) is 3. The van der Waals surface area contributed by atoms with Crippen LogP contribution < -0.4 is 0 Å². The fourth-order valence-electron chi connectivity index (χ4n) is 3.01. The third-order valence-corrected chi connectivity index (χ3v) is 4.03. The van der Waals surface area contributed by atoms with E-state index >= 15 is 0 Å². The van der Waals surface area contributed by atoms with Crippen LogP contribution in [0.5, 0.6) is 0 Å². The first-order chi connectivity index (χ1) is 8.29. The van der Waals surface area contributed by atoms with Gasteiger partial charge in [-0.1, -0.05) is 6.08 Å². The van der Waals surface area contributed by atoms with E-state index in [0.29, 0.717) is 12.7 Å². The lowest BCUT2D eigenvalue weighted by Gasteiger charge is -2.35. The molecule has 0 aromatic carbocycles. The minimum atomic E-state index is -0.512. The number of rotatable bonds is 5. The summed E-state index contributed by atoms with van der Waals surface area (Å²) in [4.78, 5) is 2.62. The summed E-state index contributed by atoms with van der Waals surface area (Å²) in [5.41, 5.74) is 0. The van der Waals surface area contributed by atoms with Gasteiger partial charge in [0.05, 0.1) is 18.8 Å². The van der Waals surface area contributed by atoms with Gasteiger partial charge in [-0.2, -0.15) is 0 Å². The van der Waals surface area contributed by atoms with E-state index in [9.17, 15) is 5.11 Å². The summed E-state index contributed by atoms with van der Waals surface area (Å²) in [6.45, 7) is 6.51. The van der Waals surface area contributed by atoms with Gasteiger partial charge in [0.1, 0.15) is 0 Å². The Bertz CT molecular complexity index is 238. The molecule has 1 aliphatic heterocycles. The van der Waals surface area contributed by atoms with Crippen molar-refractivity contribution in [2.24, 2.45) is 0 Å². The summed E-state index contributed by atoms with van der Waals surface area (Å²) >= 11 is 0. The molecule has 0 amide bonds. The predicted octanol–water partition coefficient (Wildman–Crippen LogP) is 1.96. The highest BCUT2D eigenvalue weighted by atomic mass is 16.5. The lowest BCUT2D eigenvalue weighted by atomic mass is 9.92. The Balaban J connectivity index is 1.74. The maximum absolute atomic E-state index is 9.41. The number of aliphatic hydroxyl groups excluding tert-OH is 1. The molecule has 1 heterocycles. The first kappa shape index (κ1) is 13.1. The highest BCUT2D eigenvalue weighted by Gasteiger charge is 2.28. The predicted molar refractivity (Wildman–Crippen MR) is 69.0 cm³/mol. The number of aliphatic hydroxyl groups is 1. The standard InChI is InChI=1S/C14H25NO2/c1-2-13(16)11-17-14-7-5-6-12(10-14)15-8-3-4-9-15/h2,12-14,16H,1,3-11H2/t12-,13?,14+/m1/s1. The van der Waals surface area contributed by atoms with Crippen molar-refractivity contribution in [2.75, 3.05) is 19.7 Å². The largest absolute Gasteiger partial charge is 0.387 e. The second-order valence-electron chi connectivity index (χ2n) is 5.32. The fraction of sp³-hybridized carbons (Fsp3) is 0.857. The van der Waals surface area contributed by atoms with Gasteiger partial charge in [0.2, 0.25) is 0 Å². The van der Waals surface area contributed by atoms with Crippen LogP contribution in [0.1, 0.15) is 38.5 Å². The Morgan fingerprint density at radius 2 is 2.06 bits per heavy atom. The maximum Gasteiger partial charge on any atom is 0.0952 e. The molecule has 17 heavy (non-hydrogen) atoms. The van der Waals surface area contributed by atoms with Crippen LogP contribution in [-0.4, -0.2) is 48.0 Å². The summed E-state index contributed by atoms with van der Waals surface area (Å²) < 4.78 is 5.78. The van der Waals surface area contributed by atoms with E-state index < -0.39 is 6.10 Å². The van der Waals surface area contributed by atoms with Gasteiger partial charge < -0.3 is 14.7 Å². The van der Waals surface area contributed by atoms with Crippen molar-refractivity contribution >= 4 is 0 Å². The molecule has 1 unspecified atom stereocenters. The molecule has 1 saturated carbocycles. The third-order valence-electron chi connectivity index (χ3n) is 4.03. The summed E-state index contributed by atoms with van der Waals surface area (Å²) in [5.74, 6) is 0. The fourth-order valence-corrected chi connectivity index (χ4v) is 3.01. The van der Waals surface area contributed by atoms with E-state index in [0.717, 1.165) is 18.9 Å². The maximum atomic E-state index is 9.41. The normalized spacial score (nSPS) is 32.5. The van der Waals surface area contributed by atoms with E-state index in [2.05, 4.69) is 11.5 Å². The molecular formula is C14H25NO2. The van der Waals surface area contributed by atoms with Crippen molar-refractivity contribution in [1.29, 1.82) is 0 Å². The Labute approximate surface area is 104 Å². The van der Waals surface area contributed by atoms with Gasteiger partial charge in [-0.15, -0.1) is 6.58 Å². The van der Waals surface area contributed by atoms with Crippen LogP contribution in [0, 0.1) is 0 Å². The third kappa shape index (κ3) is 3.80. The van der Waals surface area contributed by atoms with E-state index in [1.54, 1.807) is 6.08 Å². The average molecular weight is 239 g/mol. The molecule has 3 atom stereocenters. The second kappa shape index (κ2) is 6.53. The van der Waals surface area contributed by atoms with Crippen LogP contribution in [0.2, 0.25) is 0 Å². The van der Waals surface area contributed by atoms with Gasteiger partial charge in [0.25, 0.3) is 0 Å². The van der Waals surface area contributed by atoms with Gasteiger partial charge in [0, 0.05) is 6.04 Å². The minimum absolute atomic E-state index is 0.337. The van der Waals surface area contributed by atoms with Gasteiger partial charge in [-0.3, -0.25) is 0 Å². The molecule has 1 saturated heterocycles. The molecule has 1 N–H and O–H groups in total. The first-order valence-corrected chi connectivity index (χ1v) is 6.96. The van der Waals surface area contributed by atoms with Crippen molar-refractivity contribution in [2.45, 2.75) is 56.8 Å². The quantitative estimate of drug-likeness (QED) is 0.744. The van der Waals surface area contributed by atoms with Gasteiger partial charge in [-0.25, -0.2) is 0 Å². The Kier molecular flexibility index (Phi) is 5.01. The van der Waals surface area contributed by atoms with Crippen LogP contribution in [-0.2, 0) is 4.74 Å². The zero-order chi connectivity index (χ0) is 12.1. The van der Waals surface area contributed by atoms with Crippen LogP contribution in [0.3, 0.4) is 0 Å². The SMILES string of the molecule is C=CC(O)CO[C@H]1CCC[C@@H](N2CCCC2)C1. The molecule has 0 radical (unpaired) electrons. The molecule has 1 aliphatic carbocycles. The van der Waals surface area contributed by atoms with E-state index in [1.807, 2.05) is 0 Å². The van der Waals surface area contributed by atoms with Crippen molar-refractivity contribution < 1.29 is 9.84 Å². The summed E-state index contributed by atoms with van der Waals surface area (Å²) in [6.07, 6.45) is 8.96. The van der Waals surface area contributed by atoms with E-state index in [-0.39, 0.29) is 0 Å². The van der Waals surface area contributed by atoms with Crippen molar-refractivity contribution in [3.63, 3.8) is 0 Å². The smallest absolute Gasteiger partial charge is 0.0952 e. The van der Waals surface area contributed by atoms with Gasteiger partial charge >= 0.3 is 0 Å². The van der Waals surface area contributed by atoms with E-state index in [4.69, 9.17) is 4.74 Å². The topological polar surface area (TPSA) is 32.7 Å². The summed E-state index contributed by atoms with van der Waals surface area (Å²) in [6, 6.07) is 0.720. The van der Waals surface area contributed by atoms with Crippen molar-refractivity contribution in [3.8, 4) is 0 Å². The number of ether oxygens (including phenoxy) is 1. The second-order valence-corrected chi connectivity index (χ2v) is 5.32. The minimum Gasteiger partial charge on any atom is -0.387 e. The summed E-state index contributed by atoms with van der Waals surface area (Å²) in [5, 5.41) is 9.41. The Morgan fingerprint density at radius 3 is 2.76 bits per heavy atom. The molecule has 98 valence electrons. The number of likely N-dealkylation sites (tertiary alicyclic amines) is 1. The van der Waals surface area contributed by atoms with Gasteiger partial charge in [0.15, 0.2) is 0 Å². The monoisotopic (exact) mass is 239 g/mol. The molecule has 3 nitrogen and oxygen atoms in total. The Morgan fingerprint density at radius 1 is 1.29 bits per heavy atom. The number of nitrogens with zero attached hydrogens (tertiary/aromatic N) is 1. The molecule has 0 aromatic heterocycles. The Hall–Kier alpha value is -0.380. The summed E-state index contributed by atoms with van der Waals surface area (Å²) in [7, 11) is 0. The van der Waals surface area contributed by atoms with Crippen LogP contribution in [0.15, 0.2) is 12.7 Å². The van der Waals surface area contributed by atoms with Crippen LogP contribution in [0.4, 0.5) is 0 Å². The number of hydrogen-bond donors (Lipinski definition) is 1. The lowest BCUT2D eigenvalue weighted by Crippen LogP contribution is -2.39. The zero-order valence-electron chi connectivity index (χ0n) is 10.7. The highest BCUT2D eigenvalue weighted by Crippen LogP contribution is 2.27. The molecule has 0 bridgehead atoms. The molecule has 0 spiro atoms. The molecule has 2 aliphatic rings. The lowest BCUT2D eigenvalue weighted by molar-refractivity contribution is -0.0267. The first-order valence-electron chi connectivity index (χ1n) is 6.96. The highest BCUT2D eigenvalue weighted by molar-refractivity contribution is 4.84. The van der Waals surface area contributed by atoms with Crippen molar-refractivity contribution in [3.05, 3.63) is 12.7 Å². The van der Waals surface area contributed by atoms with Crippen molar-refractivity contribution in [1.82, 2.24) is 4.90 Å². The molecular weight excluding hydrogens is 214 g/mol. The average Bonchev–Trinajstić information content (AvgIpc) is 2.90. The molecule has 2 fully saturated rings. The zero-order valence-corrected chi connectivity index (χ0v) is 10.7. The van der Waals surface area contributed by atoms with E-state index in [1.165, 1.54) is 38.8 Å². The van der Waals surface area contributed by atoms with Gasteiger partial charge in [-0.05, 0) is 51.6 Å². The van der Waals surface area contributed by atoms with Crippen LogP contribution >= 0.6 is 0 Å². The molecule has 0 aromatic rings. The molecule has 3 heteroatoms. The van der Waals surface area contributed by atoms with Crippen LogP contribution in [0.25, 0.3) is 0 Å².